The van der Waals surface area contributed by atoms with E-state index in [1.54, 1.807) is 0 Å². The minimum Gasteiger partial charge on any atom is -0.449 e. The molecule has 0 heterocycles. The van der Waals surface area contributed by atoms with Gasteiger partial charge in [-0.1, -0.05) is 33.1 Å². The summed E-state index contributed by atoms with van der Waals surface area (Å²) in [6.07, 6.45) is 5.70. The largest absolute Gasteiger partial charge is 0.449 e. The predicted octanol–water partition coefficient (Wildman–Crippen LogP) is 3.31. The number of amides is 1. The zero-order valence-electron chi connectivity index (χ0n) is 12.3. The first kappa shape index (κ1) is 16.2. The van der Waals surface area contributed by atoms with Crippen LogP contribution in [-0.4, -0.2) is 35.3 Å². The minimum atomic E-state index is -0.437. The number of nitrogens with one attached hydrogen (secondary N) is 1. The fraction of sp³-hybridized carbons (Fsp3) is 0.857. The molecular weight excluding hydrogens is 260 g/mol. The monoisotopic (exact) mass is 286 g/mol. The molecule has 0 aromatic rings. The van der Waals surface area contributed by atoms with Gasteiger partial charge in [0.1, 0.15) is 0 Å². The topological polar surface area (TPSA) is 41.6 Å². The summed E-state index contributed by atoms with van der Waals surface area (Å²) in [5.74, 6) is 0.333. The van der Waals surface area contributed by atoms with Crippen LogP contribution in [0.3, 0.4) is 0 Å². The van der Waals surface area contributed by atoms with Crippen molar-refractivity contribution in [2.75, 3.05) is 13.2 Å². The van der Waals surface area contributed by atoms with Gasteiger partial charge in [-0.05, 0) is 37.9 Å². The highest BCUT2D eigenvalue weighted by molar-refractivity contribution is 7.80. The summed E-state index contributed by atoms with van der Waals surface area (Å²) in [5, 5.41) is 3.18. The minimum absolute atomic E-state index is 0.333. The number of ether oxygens (including phenoxy) is 1. The number of rotatable bonds is 4. The Morgan fingerprint density at radius 2 is 2.00 bits per heavy atom. The molecule has 0 aromatic carbocycles. The van der Waals surface area contributed by atoms with Gasteiger partial charge in [-0.2, -0.15) is 0 Å². The van der Waals surface area contributed by atoms with E-state index < -0.39 is 6.09 Å². The molecule has 110 valence electrons. The van der Waals surface area contributed by atoms with Gasteiger partial charge in [0.2, 0.25) is 0 Å². The Balaban J connectivity index is 2.42. The third-order valence-corrected chi connectivity index (χ3v) is 3.71. The lowest BCUT2D eigenvalue weighted by Gasteiger charge is -2.35. The second-order valence-electron chi connectivity index (χ2n) is 5.50. The maximum absolute atomic E-state index is 11.6. The van der Waals surface area contributed by atoms with E-state index in [0.717, 1.165) is 19.4 Å². The van der Waals surface area contributed by atoms with Gasteiger partial charge in [-0.25, -0.2) is 4.79 Å². The first-order valence-corrected chi connectivity index (χ1v) is 7.69. The molecule has 0 aromatic heterocycles. The lowest BCUT2D eigenvalue weighted by Crippen LogP contribution is -2.48. The Bertz CT molecular complexity index is 302. The van der Waals surface area contributed by atoms with Gasteiger partial charge in [-0.3, -0.25) is 5.32 Å². The number of carbonyl (C=O) groups excluding carboxylic acids is 1. The number of carbonyl (C=O) groups is 1. The van der Waals surface area contributed by atoms with Crippen molar-refractivity contribution in [2.24, 2.45) is 5.92 Å². The molecule has 19 heavy (non-hydrogen) atoms. The molecule has 0 spiro atoms. The van der Waals surface area contributed by atoms with E-state index in [9.17, 15) is 4.79 Å². The van der Waals surface area contributed by atoms with Crippen molar-refractivity contribution < 1.29 is 9.53 Å². The summed E-state index contributed by atoms with van der Waals surface area (Å²) in [5.41, 5.74) is 0. The predicted molar refractivity (Wildman–Crippen MR) is 81.2 cm³/mol. The highest BCUT2D eigenvalue weighted by Gasteiger charge is 2.23. The van der Waals surface area contributed by atoms with Crippen molar-refractivity contribution >= 4 is 23.4 Å². The van der Waals surface area contributed by atoms with Crippen LogP contribution in [0.2, 0.25) is 0 Å². The van der Waals surface area contributed by atoms with Crippen LogP contribution in [0.4, 0.5) is 4.79 Å². The summed E-state index contributed by atoms with van der Waals surface area (Å²) in [4.78, 5) is 13.7. The van der Waals surface area contributed by atoms with Gasteiger partial charge >= 0.3 is 6.09 Å². The molecule has 1 saturated carbocycles. The summed E-state index contributed by atoms with van der Waals surface area (Å²) >= 11 is 5.33. The Kier molecular flexibility index (Phi) is 7.13. The van der Waals surface area contributed by atoms with Crippen LogP contribution >= 0.6 is 12.2 Å². The SMILES string of the molecule is CCN(C(=S)NC(=O)OCC(C)C)C1CCCCC1. The highest BCUT2D eigenvalue weighted by Crippen LogP contribution is 2.22. The number of hydrogen-bond acceptors (Lipinski definition) is 3. The second-order valence-corrected chi connectivity index (χ2v) is 5.89. The van der Waals surface area contributed by atoms with Gasteiger partial charge in [0.15, 0.2) is 5.11 Å². The second kappa shape index (κ2) is 8.35. The van der Waals surface area contributed by atoms with Crippen LogP contribution in [0.5, 0.6) is 0 Å². The number of hydrogen-bond donors (Lipinski definition) is 1. The van der Waals surface area contributed by atoms with Crippen molar-refractivity contribution in [3.05, 3.63) is 0 Å². The van der Waals surface area contributed by atoms with Crippen LogP contribution in [0, 0.1) is 5.92 Å². The molecule has 0 radical (unpaired) electrons. The Morgan fingerprint density at radius 1 is 1.37 bits per heavy atom. The molecule has 0 aliphatic heterocycles. The van der Waals surface area contributed by atoms with E-state index in [-0.39, 0.29) is 0 Å². The van der Waals surface area contributed by atoms with E-state index in [4.69, 9.17) is 17.0 Å². The molecular formula is C14H26N2O2S. The summed E-state index contributed by atoms with van der Waals surface area (Å²) in [7, 11) is 0. The van der Waals surface area contributed by atoms with E-state index in [1.165, 1.54) is 19.3 Å². The number of alkyl carbamates (subject to hydrolysis) is 1. The van der Waals surface area contributed by atoms with Crippen molar-refractivity contribution in [1.82, 2.24) is 10.2 Å². The Labute approximate surface area is 121 Å². The highest BCUT2D eigenvalue weighted by atomic mass is 32.1. The molecule has 1 aliphatic rings. The van der Waals surface area contributed by atoms with Crippen molar-refractivity contribution in [3.63, 3.8) is 0 Å². The van der Waals surface area contributed by atoms with Gasteiger partial charge in [-0.15, -0.1) is 0 Å². The van der Waals surface area contributed by atoms with E-state index in [1.807, 2.05) is 13.8 Å². The number of thiocarbonyl (C=S) groups is 1. The maximum atomic E-state index is 11.6. The van der Waals surface area contributed by atoms with Gasteiger partial charge in [0, 0.05) is 12.6 Å². The smallest absolute Gasteiger partial charge is 0.413 e. The Hall–Kier alpha value is -0.840. The zero-order chi connectivity index (χ0) is 14.3. The maximum Gasteiger partial charge on any atom is 0.413 e. The Morgan fingerprint density at radius 3 is 2.53 bits per heavy atom. The molecule has 1 N–H and O–H groups in total. The fourth-order valence-corrected chi connectivity index (χ4v) is 2.76. The molecule has 4 nitrogen and oxygen atoms in total. The van der Waals surface area contributed by atoms with Crippen LogP contribution in [0.15, 0.2) is 0 Å². The van der Waals surface area contributed by atoms with Crippen molar-refractivity contribution in [2.45, 2.75) is 58.9 Å². The van der Waals surface area contributed by atoms with Crippen molar-refractivity contribution in [3.8, 4) is 0 Å². The zero-order valence-corrected chi connectivity index (χ0v) is 13.1. The van der Waals surface area contributed by atoms with Crippen LogP contribution in [0.25, 0.3) is 0 Å². The van der Waals surface area contributed by atoms with Gasteiger partial charge in [0.05, 0.1) is 6.61 Å². The first-order valence-electron chi connectivity index (χ1n) is 7.29. The standard InChI is InChI=1S/C14H26N2O2S/c1-4-16(12-8-6-5-7-9-12)13(19)15-14(17)18-10-11(2)3/h11-12H,4-10H2,1-3H3,(H,15,17,19). The molecule has 1 rings (SSSR count). The average Bonchev–Trinajstić information content (AvgIpc) is 2.38. The summed E-state index contributed by atoms with van der Waals surface area (Å²) in [6, 6.07) is 0.469. The van der Waals surface area contributed by atoms with Crippen LogP contribution in [-0.2, 0) is 4.74 Å². The molecule has 0 saturated heterocycles. The van der Waals surface area contributed by atoms with E-state index in [0.29, 0.717) is 23.7 Å². The average molecular weight is 286 g/mol. The van der Waals surface area contributed by atoms with Crippen LogP contribution < -0.4 is 5.32 Å². The lowest BCUT2D eigenvalue weighted by molar-refractivity contribution is 0.136. The van der Waals surface area contributed by atoms with Crippen molar-refractivity contribution in [1.29, 1.82) is 0 Å². The van der Waals surface area contributed by atoms with Gasteiger partial charge < -0.3 is 9.64 Å². The van der Waals surface area contributed by atoms with E-state index in [2.05, 4.69) is 17.1 Å². The molecule has 1 fully saturated rings. The molecule has 0 atom stereocenters. The molecule has 5 heteroatoms. The molecule has 1 aliphatic carbocycles. The summed E-state index contributed by atoms with van der Waals surface area (Å²) in [6.45, 7) is 7.33. The first-order chi connectivity index (χ1) is 9.04. The third-order valence-electron chi connectivity index (χ3n) is 3.37. The van der Waals surface area contributed by atoms with Crippen LogP contribution in [0.1, 0.15) is 52.9 Å². The van der Waals surface area contributed by atoms with Gasteiger partial charge in [0.25, 0.3) is 0 Å². The normalized spacial score (nSPS) is 16.2. The fourth-order valence-electron chi connectivity index (χ4n) is 2.40. The molecule has 0 unspecified atom stereocenters. The molecule has 1 amide bonds. The number of nitrogens with zero attached hydrogens (tertiary/aromatic N) is 1. The third kappa shape index (κ3) is 5.76. The van der Waals surface area contributed by atoms with E-state index >= 15 is 0 Å². The lowest BCUT2D eigenvalue weighted by atomic mass is 9.94. The summed E-state index contributed by atoms with van der Waals surface area (Å²) < 4.78 is 5.09. The molecule has 0 bridgehead atoms. The quantitative estimate of drug-likeness (QED) is 0.805.